The average Bonchev–Trinajstić information content (AvgIpc) is 3.07. The fourth-order valence-electron chi connectivity index (χ4n) is 5.33. The molecular formula is C39H36BNO2. The molecule has 0 saturated carbocycles. The lowest BCUT2D eigenvalue weighted by molar-refractivity contribution is 0.426. The third-order valence-corrected chi connectivity index (χ3v) is 7.14. The summed E-state index contributed by atoms with van der Waals surface area (Å²) in [6, 6.07) is 53.3. The van der Waals surface area contributed by atoms with Crippen molar-refractivity contribution in [3.8, 4) is 33.4 Å². The summed E-state index contributed by atoms with van der Waals surface area (Å²) < 4.78 is 0. The Hall–Kier alpha value is -4.90. The van der Waals surface area contributed by atoms with Crippen LogP contribution in [0.25, 0.3) is 33.4 Å². The van der Waals surface area contributed by atoms with Gasteiger partial charge in [-0.1, -0.05) is 154 Å². The summed E-state index contributed by atoms with van der Waals surface area (Å²) in [5.74, 6) is 0. The zero-order chi connectivity index (χ0) is 30.0. The lowest BCUT2D eigenvalue weighted by atomic mass is 9.75. The molecule has 0 heterocycles. The highest BCUT2D eigenvalue weighted by atomic mass is 16.4. The molecular weight excluding hydrogens is 525 g/mol. The number of para-hydroxylation sites is 3. The molecule has 3 nitrogen and oxygen atoms in total. The van der Waals surface area contributed by atoms with E-state index in [4.69, 9.17) is 0 Å². The Morgan fingerprint density at radius 3 is 1.40 bits per heavy atom. The monoisotopic (exact) mass is 561 g/mol. The molecule has 0 aliphatic carbocycles. The van der Waals surface area contributed by atoms with E-state index in [-0.39, 0.29) is 0 Å². The van der Waals surface area contributed by atoms with Crippen LogP contribution in [0.2, 0.25) is 0 Å². The minimum atomic E-state index is -1.58. The zero-order valence-electron chi connectivity index (χ0n) is 24.6. The molecule has 0 amide bonds. The Morgan fingerprint density at radius 2 is 0.837 bits per heavy atom. The molecule has 212 valence electrons. The third-order valence-electron chi connectivity index (χ3n) is 7.14. The second kappa shape index (κ2) is 14.3. The number of benzene rings is 6. The molecule has 0 unspecified atom stereocenters. The van der Waals surface area contributed by atoms with Crippen molar-refractivity contribution in [1.82, 2.24) is 0 Å². The Morgan fingerprint density at radius 1 is 0.442 bits per heavy atom. The molecule has 6 aromatic carbocycles. The zero-order valence-corrected chi connectivity index (χ0v) is 24.6. The van der Waals surface area contributed by atoms with Gasteiger partial charge >= 0.3 is 7.12 Å². The number of rotatable bonds is 7. The number of hydrogen-bond donors (Lipinski definition) is 2. The van der Waals surface area contributed by atoms with Gasteiger partial charge in [-0.05, 0) is 52.0 Å². The molecule has 43 heavy (non-hydrogen) atoms. The van der Waals surface area contributed by atoms with Crippen LogP contribution in [0.15, 0.2) is 158 Å². The fraction of sp³-hybridized carbons (Fsp3) is 0.0769. The normalized spacial score (nSPS) is 10.4. The van der Waals surface area contributed by atoms with Crippen molar-refractivity contribution in [3.63, 3.8) is 0 Å². The van der Waals surface area contributed by atoms with E-state index in [2.05, 4.69) is 110 Å². The molecule has 0 aromatic heterocycles. The van der Waals surface area contributed by atoms with Gasteiger partial charge in [0.05, 0.1) is 11.4 Å². The molecule has 0 atom stereocenters. The number of hydrogen-bond acceptors (Lipinski definition) is 3. The number of nitrogens with zero attached hydrogens (tertiary/aromatic N) is 1. The molecule has 4 heteroatoms. The maximum Gasteiger partial charge on any atom is 0.489 e. The minimum absolute atomic E-state index is 0.464. The van der Waals surface area contributed by atoms with Crippen molar-refractivity contribution in [1.29, 1.82) is 0 Å². The van der Waals surface area contributed by atoms with Crippen molar-refractivity contribution in [2.45, 2.75) is 20.3 Å². The first-order valence-corrected chi connectivity index (χ1v) is 14.8. The smallest absolute Gasteiger partial charge is 0.423 e. The first-order chi connectivity index (χ1) is 21.1. The Labute approximate surface area is 255 Å². The Balaban J connectivity index is 0.00000118. The van der Waals surface area contributed by atoms with E-state index >= 15 is 0 Å². The maximum absolute atomic E-state index is 10.2. The average molecular weight is 562 g/mol. The highest BCUT2D eigenvalue weighted by Crippen LogP contribution is 2.45. The van der Waals surface area contributed by atoms with E-state index in [1.165, 1.54) is 6.42 Å². The van der Waals surface area contributed by atoms with Crippen molar-refractivity contribution in [2.75, 3.05) is 4.90 Å². The van der Waals surface area contributed by atoms with E-state index in [0.717, 1.165) is 50.4 Å². The van der Waals surface area contributed by atoms with Gasteiger partial charge in [0.1, 0.15) is 0 Å². The van der Waals surface area contributed by atoms with Gasteiger partial charge in [0.25, 0.3) is 0 Å². The van der Waals surface area contributed by atoms with Gasteiger partial charge in [-0.2, -0.15) is 0 Å². The first-order valence-electron chi connectivity index (χ1n) is 14.8. The van der Waals surface area contributed by atoms with Gasteiger partial charge < -0.3 is 14.9 Å². The van der Waals surface area contributed by atoms with Gasteiger partial charge in [-0.3, -0.25) is 0 Å². The van der Waals surface area contributed by atoms with Crippen molar-refractivity contribution in [3.05, 3.63) is 158 Å². The SMILES string of the molecule is CCC.OB(O)c1ccccc1-c1ccccc1N(c1ccccc1)c1ccccc1-c1ccccc1-c1ccccc1. The second-order valence-electron chi connectivity index (χ2n) is 10.3. The largest absolute Gasteiger partial charge is 0.489 e. The molecule has 0 saturated heterocycles. The maximum atomic E-state index is 10.2. The standard InChI is InChI=1S/C36H28BNO2.C3H8/c39-37(40)34-24-12-9-21-31(34)33-23-11-14-26-36(33)38(28-17-5-2-6-18-28)35-25-13-10-22-32(35)30-20-8-7-19-29(30)27-15-3-1-4-16-27;1-3-2/h1-26,39-40H;3H2,1-2H3. The minimum Gasteiger partial charge on any atom is -0.423 e. The fourth-order valence-corrected chi connectivity index (χ4v) is 5.33. The van der Waals surface area contributed by atoms with Gasteiger partial charge in [0, 0.05) is 16.8 Å². The van der Waals surface area contributed by atoms with Crippen molar-refractivity contribution >= 4 is 29.6 Å². The van der Waals surface area contributed by atoms with Gasteiger partial charge in [0.15, 0.2) is 0 Å². The van der Waals surface area contributed by atoms with Crippen LogP contribution in [0.4, 0.5) is 17.1 Å². The number of anilines is 3. The summed E-state index contributed by atoms with van der Waals surface area (Å²) in [7, 11) is -1.58. The molecule has 2 N–H and O–H groups in total. The summed E-state index contributed by atoms with van der Waals surface area (Å²) in [4.78, 5) is 2.26. The molecule has 6 rings (SSSR count). The van der Waals surface area contributed by atoms with E-state index in [1.807, 2.05) is 60.7 Å². The summed E-state index contributed by atoms with van der Waals surface area (Å²) in [6.45, 7) is 4.25. The third kappa shape index (κ3) is 6.62. The highest BCUT2D eigenvalue weighted by Gasteiger charge is 2.24. The summed E-state index contributed by atoms with van der Waals surface area (Å²) in [6.07, 6.45) is 1.25. The van der Waals surface area contributed by atoms with E-state index < -0.39 is 7.12 Å². The molecule has 0 fully saturated rings. The van der Waals surface area contributed by atoms with Gasteiger partial charge in [-0.25, -0.2) is 0 Å². The topological polar surface area (TPSA) is 43.7 Å². The van der Waals surface area contributed by atoms with Crippen molar-refractivity contribution < 1.29 is 10.0 Å². The van der Waals surface area contributed by atoms with Crippen LogP contribution >= 0.6 is 0 Å². The van der Waals surface area contributed by atoms with Crippen LogP contribution in [-0.2, 0) is 0 Å². The summed E-state index contributed by atoms with van der Waals surface area (Å²) in [5.41, 5.74) is 9.64. The molecule has 6 aromatic rings. The van der Waals surface area contributed by atoms with Crippen LogP contribution < -0.4 is 10.4 Å². The van der Waals surface area contributed by atoms with Crippen LogP contribution in [0, 0.1) is 0 Å². The van der Waals surface area contributed by atoms with Crippen molar-refractivity contribution in [2.24, 2.45) is 0 Å². The van der Waals surface area contributed by atoms with E-state index in [1.54, 1.807) is 6.07 Å². The van der Waals surface area contributed by atoms with Crippen LogP contribution in [0.5, 0.6) is 0 Å². The van der Waals surface area contributed by atoms with Crippen LogP contribution in [0.1, 0.15) is 20.3 Å². The van der Waals surface area contributed by atoms with Gasteiger partial charge in [-0.15, -0.1) is 0 Å². The van der Waals surface area contributed by atoms with E-state index in [9.17, 15) is 10.0 Å². The predicted molar refractivity (Wildman–Crippen MR) is 183 cm³/mol. The Kier molecular flexibility index (Phi) is 9.86. The van der Waals surface area contributed by atoms with Crippen LogP contribution in [0.3, 0.4) is 0 Å². The second-order valence-corrected chi connectivity index (χ2v) is 10.3. The van der Waals surface area contributed by atoms with Gasteiger partial charge in [0.2, 0.25) is 0 Å². The first kappa shape index (κ1) is 29.6. The molecule has 0 aliphatic heterocycles. The van der Waals surface area contributed by atoms with E-state index in [0.29, 0.717) is 5.46 Å². The molecule has 0 aliphatic rings. The summed E-state index contributed by atoms with van der Waals surface area (Å²) >= 11 is 0. The quantitative estimate of drug-likeness (QED) is 0.191. The lowest BCUT2D eigenvalue weighted by Crippen LogP contribution is -2.31. The summed E-state index contributed by atoms with van der Waals surface area (Å²) in [5, 5.41) is 20.4. The molecule has 0 bridgehead atoms. The molecule has 0 spiro atoms. The van der Waals surface area contributed by atoms with Crippen LogP contribution in [-0.4, -0.2) is 17.2 Å². The predicted octanol–water partition coefficient (Wildman–Crippen LogP) is 9.25. The molecule has 0 radical (unpaired) electrons. The Bertz CT molecular complexity index is 1750. The highest BCUT2D eigenvalue weighted by molar-refractivity contribution is 6.60. The lowest BCUT2D eigenvalue weighted by Gasteiger charge is -2.30.